The van der Waals surface area contributed by atoms with Gasteiger partial charge in [0, 0.05) is 18.3 Å². The van der Waals surface area contributed by atoms with E-state index < -0.39 is 5.97 Å². The number of ketones is 1. The van der Waals surface area contributed by atoms with E-state index in [0.29, 0.717) is 17.0 Å². The van der Waals surface area contributed by atoms with Crippen LogP contribution in [0.1, 0.15) is 27.3 Å². The first-order chi connectivity index (χ1) is 9.52. The maximum Gasteiger partial charge on any atom is 0.309 e. The van der Waals surface area contributed by atoms with Crippen LogP contribution in [0.25, 0.3) is 0 Å². The summed E-state index contributed by atoms with van der Waals surface area (Å²) in [5.41, 5.74) is 2.26. The summed E-state index contributed by atoms with van der Waals surface area (Å²) in [4.78, 5) is 23.1. The molecule has 2 rings (SSSR count). The molecule has 1 heterocycles. The predicted molar refractivity (Wildman–Crippen MR) is 72.6 cm³/mol. The van der Waals surface area contributed by atoms with Crippen LogP contribution in [0.5, 0.6) is 0 Å². The number of aliphatic hydroxyl groups is 1. The molecular weight excluding hydrogens is 258 g/mol. The number of hydrogen-bond donors (Lipinski definition) is 2. The second kappa shape index (κ2) is 5.71. The van der Waals surface area contributed by atoms with Crippen LogP contribution in [-0.2, 0) is 24.9 Å². The highest BCUT2D eigenvalue weighted by atomic mass is 16.4. The number of aliphatic hydroxyl groups excluding tert-OH is 1. The van der Waals surface area contributed by atoms with Gasteiger partial charge in [-0.25, -0.2) is 0 Å². The number of carboxylic acid groups (broad SMARTS) is 1. The van der Waals surface area contributed by atoms with Crippen LogP contribution in [0, 0.1) is 0 Å². The Labute approximate surface area is 116 Å². The van der Waals surface area contributed by atoms with E-state index in [1.165, 1.54) is 0 Å². The number of hydrogen-bond acceptors (Lipinski definition) is 3. The first-order valence-corrected chi connectivity index (χ1v) is 6.14. The molecule has 2 N–H and O–H groups in total. The molecule has 0 aliphatic carbocycles. The molecular formula is C15H15NO4. The Kier molecular flexibility index (Phi) is 4.00. The zero-order valence-electron chi connectivity index (χ0n) is 11.0. The molecule has 0 aliphatic rings. The second-order valence-electron chi connectivity index (χ2n) is 4.52. The Morgan fingerprint density at radius 1 is 1.10 bits per heavy atom. The molecule has 0 bridgehead atoms. The van der Waals surface area contributed by atoms with E-state index >= 15 is 0 Å². The number of rotatable bonds is 5. The first kappa shape index (κ1) is 14.0. The third-order valence-electron chi connectivity index (χ3n) is 3.19. The fraction of sp³-hybridized carbons (Fsp3) is 0.200. The molecule has 5 heteroatoms. The van der Waals surface area contributed by atoms with E-state index in [2.05, 4.69) is 0 Å². The van der Waals surface area contributed by atoms with Crippen molar-refractivity contribution in [3.05, 3.63) is 58.9 Å². The number of aromatic nitrogens is 1. The number of aliphatic carboxylic acids is 1. The predicted octanol–water partition coefficient (Wildman–Crippen LogP) is 1.38. The SMILES string of the molecule is Cn1c(CC(=O)O)ccc1C(=O)c1ccc(CO)cc1. The molecule has 2 aromatic rings. The van der Waals surface area contributed by atoms with Gasteiger partial charge in [-0.1, -0.05) is 24.3 Å². The summed E-state index contributed by atoms with van der Waals surface area (Å²) >= 11 is 0. The zero-order valence-corrected chi connectivity index (χ0v) is 11.0. The van der Waals surface area contributed by atoms with Crippen LogP contribution in [0.2, 0.25) is 0 Å². The Balaban J connectivity index is 2.28. The van der Waals surface area contributed by atoms with E-state index in [9.17, 15) is 9.59 Å². The quantitative estimate of drug-likeness (QED) is 0.806. The van der Waals surface area contributed by atoms with Crippen LogP contribution in [0.15, 0.2) is 36.4 Å². The van der Waals surface area contributed by atoms with Crippen molar-refractivity contribution in [3.8, 4) is 0 Å². The Morgan fingerprint density at radius 3 is 2.30 bits per heavy atom. The summed E-state index contributed by atoms with van der Waals surface area (Å²) in [6.45, 7) is -0.0681. The molecule has 0 saturated heterocycles. The maximum atomic E-state index is 12.3. The molecule has 0 aliphatic heterocycles. The van der Waals surface area contributed by atoms with Gasteiger partial charge in [-0.15, -0.1) is 0 Å². The average Bonchev–Trinajstić information content (AvgIpc) is 2.79. The van der Waals surface area contributed by atoms with Crippen LogP contribution in [0.3, 0.4) is 0 Å². The fourth-order valence-electron chi connectivity index (χ4n) is 2.02. The van der Waals surface area contributed by atoms with Gasteiger partial charge in [-0.2, -0.15) is 0 Å². The van der Waals surface area contributed by atoms with E-state index in [4.69, 9.17) is 10.2 Å². The van der Waals surface area contributed by atoms with Crippen molar-refractivity contribution < 1.29 is 19.8 Å². The molecule has 1 aromatic carbocycles. The lowest BCUT2D eigenvalue weighted by atomic mass is 10.1. The highest BCUT2D eigenvalue weighted by molar-refractivity contribution is 6.08. The summed E-state index contributed by atoms with van der Waals surface area (Å²) in [6, 6.07) is 9.95. The van der Waals surface area contributed by atoms with Crippen LogP contribution >= 0.6 is 0 Å². The number of carbonyl (C=O) groups excluding carboxylic acids is 1. The number of carbonyl (C=O) groups is 2. The first-order valence-electron chi connectivity index (χ1n) is 6.14. The number of nitrogens with zero attached hydrogens (tertiary/aromatic N) is 1. The highest BCUT2D eigenvalue weighted by Crippen LogP contribution is 2.14. The maximum absolute atomic E-state index is 12.3. The van der Waals surface area contributed by atoms with Gasteiger partial charge in [-0.05, 0) is 17.7 Å². The lowest BCUT2D eigenvalue weighted by Gasteiger charge is -2.06. The smallest absolute Gasteiger partial charge is 0.309 e. The van der Waals surface area contributed by atoms with Crippen molar-refractivity contribution in [1.82, 2.24) is 4.57 Å². The lowest BCUT2D eigenvalue weighted by molar-refractivity contribution is -0.136. The Bertz CT molecular complexity index is 640. The van der Waals surface area contributed by atoms with Crippen molar-refractivity contribution in [2.24, 2.45) is 7.05 Å². The molecule has 5 nitrogen and oxygen atoms in total. The van der Waals surface area contributed by atoms with Crippen molar-refractivity contribution in [1.29, 1.82) is 0 Å². The van der Waals surface area contributed by atoms with Crippen LogP contribution < -0.4 is 0 Å². The molecule has 20 heavy (non-hydrogen) atoms. The van der Waals surface area contributed by atoms with Gasteiger partial charge in [0.1, 0.15) is 0 Å². The van der Waals surface area contributed by atoms with E-state index in [1.54, 1.807) is 48.0 Å². The number of carboxylic acids is 1. The van der Waals surface area contributed by atoms with Gasteiger partial charge in [0.15, 0.2) is 0 Å². The van der Waals surface area contributed by atoms with Crippen molar-refractivity contribution in [2.75, 3.05) is 0 Å². The zero-order chi connectivity index (χ0) is 14.7. The molecule has 0 unspecified atom stereocenters. The third kappa shape index (κ3) is 2.78. The van der Waals surface area contributed by atoms with E-state index in [-0.39, 0.29) is 18.8 Å². The molecule has 0 spiro atoms. The monoisotopic (exact) mass is 273 g/mol. The van der Waals surface area contributed by atoms with Gasteiger partial charge in [0.05, 0.1) is 18.7 Å². The third-order valence-corrected chi connectivity index (χ3v) is 3.19. The molecule has 0 fully saturated rings. The minimum Gasteiger partial charge on any atom is -0.481 e. The van der Waals surface area contributed by atoms with Gasteiger partial charge < -0.3 is 14.8 Å². The molecule has 104 valence electrons. The minimum absolute atomic E-state index is 0.0681. The van der Waals surface area contributed by atoms with Crippen molar-refractivity contribution in [2.45, 2.75) is 13.0 Å². The van der Waals surface area contributed by atoms with Gasteiger partial charge in [0.2, 0.25) is 5.78 Å². The highest BCUT2D eigenvalue weighted by Gasteiger charge is 2.15. The molecule has 0 saturated carbocycles. The molecule has 0 atom stereocenters. The second-order valence-corrected chi connectivity index (χ2v) is 4.52. The normalized spacial score (nSPS) is 10.5. The van der Waals surface area contributed by atoms with Gasteiger partial charge in [0.25, 0.3) is 0 Å². The summed E-state index contributed by atoms with van der Waals surface area (Å²) < 4.78 is 1.59. The standard InChI is InChI=1S/C15H15NO4/c1-16-12(8-14(18)19)6-7-13(16)15(20)11-4-2-10(9-17)3-5-11/h2-7,17H,8-9H2,1H3,(H,18,19). The fourth-order valence-corrected chi connectivity index (χ4v) is 2.02. The summed E-state index contributed by atoms with van der Waals surface area (Å²) in [5, 5.41) is 17.8. The van der Waals surface area contributed by atoms with Crippen LogP contribution in [-0.4, -0.2) is 26.5 Å². The largest absolute Gasteiger partial charge is 0.481 e. The average molecular weight is 273 g/mol. The minimum atomic E-state index is -0.933. The lowest BCUT2D eigenvalue weighted by Crippen LogP contribution is -2.11. The summed E-state index contributed by atoms with van der Waals surface area (Å²) in [6.07, 6.45) is -0.118. The molecule has 0 radical (unpaired) electrons. The van der Waals surface area contributed by atoms with E-state index in [0.717, 1.165) is 5.56 Å². The van der Waals surface area contributed by atoms with Crippen LogP contribution in [0.4, 0.5) is 0 Å². The Hall–Kier alpha value is -2.40. The molecule has 1 aromatic heterocycles. The van der Waals surface area contributed by atoms with E-state index in [1.807, 2.05) is 0 Å². The topological polar surface area (TPSA) is 79.5 Å². The Morgan fingerprint density at radius 2 is 1.75 bits per heavy atom. The van der Waals surface area contributed by atoms with Crippen molar-refractivity contribution >= 4 is 11.8 Å². The summed E-state index contributed by atoms with van der Waals surface area (Å²) in [7, 11) is 1.67. The number of benzene rings is 1. The van der Waals surface area contributed by atoms with Gasteiger partial charge in [-0.3, -0.25) is 9.59 Å². The molecule has 0 amide bonds. The van der Waals surface area contributed by atoms with Gasteiger partial charge >= 0.3 is 5.97 Å². The van der Waals surface area contributed by atoms with Crippen molar-refractivity contribution in [3.63, 3.8) is 0 Å². The summed E-state index contributed by atoms with van der Waals surface area (Å²) in [5.74, 6) is -1.11.